The van der Waals surface area contributed by atoms with Crippen LogP contribution in [0.3, 0.4) is 0 Å². The van der Waals surface area contributed by atoms with Crippen molar-refractivity contribution < 1.29 is 22.3 Å². The van der Waals surface area contributed by atoms with E-state index >= 15 is 0 Å². The third kappa shape index (κ3) is 5.86. The number of H-pyrrole nitrogens is 1. The quantitative estimate of drug-likeness (QED) is 0.604. The number of ether oxygens (including phenoxy) is 1. The molecule has 0 saturated heterocycles. The Morgan fingerprint density at radius 1 is 1.26 bits per heavy atom. The van der Waals surface area contributed by atoms with Gasteiger partial charge in [0.05, 0.1) is 19.0 Å². The molecule has 0 amide bonds. The van der Waals surface area contributed by atoms with Crippen LogP contribution in [0.2, 0.25) is 0 Å². The fourth-order valence-electron chi connectivity index (χ4n) is 1.25. The van der Waals surface area contributed by atoms with Crippen LogP contribution in [0.5, 0.6) is 5.75 Å². The zero-order valence-corrected chi connectivity index (χ0v) is 10.8. The fraction of sp³-hybridized carbons (Fsp3) is 0.100. The number of methoxy groups -OCH3 is 1. The summed E-state index contributed by atoms with van der Waals surface area (Å²) in [7, 11) is -3.02. The summed E-state index contributed by atoms with van der Waals surface area (Å²) in [5.74, 6) is 1.26. The van der Waals surface area contributed by atoms with Gasteiger partial charge in [-0.25, -0.2) is 4.98 Å². The molecule has 0 aliphatic rings. The standard InChI is InChI=1S/C10H11N3O.H2O4S/c1-14-8-4-2-7(3-5-8)9-6-12-10(11)13-9;1-5(2,3)4/h2-6H,1H3,(H3,11,12,13);(H2,1,2,3,4). The molecule has 0 saturated carbocycles. The molecule has 1 aromatic heterocycles. The Bertz CT molecular complexity index is 613. The van der Waals surface area contributed by atoms with Crippen LogP contribution in [-0.2, 0) is 10.4 Å². The SMILES string of the molecule is COc1ccc(-c2cnc(N)[nH]2)cc1.O=S(=O)(O)O. The lowest BCUT2D eigenvalue weighted by Crippen LogP contribution is -1.89. The zero-order valence-electron chi connectivity index (χ0n) is 9.94. The van der Waals surface area contributed by atoms with Gasteiger partial charge in [-0.1, -0.05) is 0 Å². The van der Waals surface area contributed by atoms with Gasteiger partial charge in [0.2, 0.25) is 0 Å². The van der Waals surface area contributed by atoms with E-state index in [9.17, 15) is 0 Å². The summed E-state index contributed by atoms with van der Waals surface area (Å²) in [6.07, 6.45) is 1.71. The number of nitrogens with one attached hydrogen (secondary N) is 1. The highest BCUT2D eigenvalue weighted by atomic mass is 32.3. The van der Waals surface area contributed by atoms with E-state index in [1.165, 1.54) is 0 Å². The molecule has 19 heavy (non-hydrogen) atoms. The van der Waals surface area contributed by atoms with E-state index in [0.717, 1.165) is 17.0 Å². The van der Waals surface area contributed by atoms with Crippen LogP contribution < -0.4 is 10.5 Å². The molecule has 104 valence electrons. The normalized spacial score (nSPS) is 10.5. The third-order valence-corrected chi connectivity index (χ3v) is 2.00. The summed E-state index contributed by atoms with van der Waals surface area (Å²) in [5.41, 5.74) is 7.43. The van der Waals surface area contributed by atoms with E-state index < -0.39 is 10.4 Å². The molecule has 2 rings (SSSR count). The second kappa shape index (κ2) is 6.18. The first-order chi connectivity index (χ1) is 8.79. The highest BCUT2D eigenvalue weighted by molar-refractivity contribution is 7.79. The van der Waals surface area contributed by atoms with Gasteiger partial charge in [-0.15, -0.1) is 0 Å². The number of aromatic amines is 1. The van der Waals surface area contributed by atoms with Gasteiger partial charge in [-0.3, -0.25) is 9.11 Å². The van der Waals surface area contributed by atoms with Gasteiger partial charge in [0.25, 0.3) is 0 Å². The molecule has 0 atom stereocenters. The van der Waals surface area contributed by atoms with E-state index in [1.807, 2.05) is 24.3 Å². The van der Waals surface area contributed by atoms with E-state index in [4.69, 9.17) is 28.0 Å². The minimum atomic E-state index is -4.67. The topological polar surface area (TPSA) is 139 Å². The van der Waals surface area contributed by atoms with Crippen molar-refractivity contribution >= 4 is 16.3 Å². The Kier molecular flexibility index (Phi) is 4.87. The van der Waals surface area contributed by atoms with Crippen molar-refractivity contribution in [3.05, 3.63) is 30.5 Å². The maximum Gasteiger partial charge on any atom is 0.394 e. The van der Waals surface area contributed by atoms with Crippen molar-refractivity contribution in [3.8, 4) is 17.0 Å². The van der Waals surface area contributed by atoms with E-state index in [1.54, 1.807) is 13.3 Å². The second-order valence-electron chi connectivity index (χ2n) is 3.36. The smallest absolute Gasteiger partial charge is 0.394 e. The molecule has 0 aliphatic carbocycles. The molecule has 9 heteroatoms. The Morgan fingerprint density at radius 2 is 1.79 bits per heavy atom. The molecule has 0 bridgehead atoms. The lowest BCUT2D eigenvalue weighted by molar-refractivity contribution is 0.381. The van der Waals surface area contributed by atoms with Crippen LogP contribution in [0, 0.1) is 0 Å². The van der Waals surface area contributed by atoms with Gasteiger partial charge in [-0.2, -0.15) is 8.42 Å². The number of hydrogen-bond donors (Lipinski definition) is 4. The fourth-order valence-corrected chi connectivity index (χ4v) is 1.25. The van der Waals surface area contributed by atoms with Crippen LogP contribution in [0.15, 0.2) is 30.5 Å². The molecule has 1 aromatic carbocycles. The Morgan fingerprint density at radius 3 is 2.16 bits per heavy atom. The predicted octanol–water partition coefficient (Wildman–Crippen LogP) is 1.01. The molecule has 0 unspecified atom stereocenters. The van der Waals surface area contributed by atoms with Gasteiger partial charge in [-0.05, 0) is 29.8 Å². The molecule has 8 nitrogen and oxygen atoms in total. The van der Waals surface area contributed by atoms with Gasteiger partial charge >= 0.3 is 10.4 Å². The lowest BCUT2D eigenvalue weighted by Gasteiger charge is -2.00. The minimum absolute atomic E-state index is 0.427. The molecular formula is C10H13N3O5S. The van der Waals surface area contributed by atoms with E-state index in [2.05, 4.69) is 9.97 Å². The molecule has 0 radical (unpaired) electrons. The minimum Gasteiger partial charge on any atom is -0.497 e. The highest BCUT2D eigenvalue weighted by Crippen LogP contribution is 2.20. The number of anilines is 1. The van der Waals surface area contributed by atoms with E-state index in [0.29, 0.717) is 5.95 Å². The van der Waals surface area contributed by atoms with Gasteiger partial charge in [0, 0.05) is 0 Å². The van der Waals surface area contributed by atoms with E-state index in [-0.39, 0.29) is 0 Å². The monoisotopic (exact) mass is 287 g/mol. The van der Waals surface area contributed by atoms with Gasteiger partial charge < -0.3 is 15.5 Å². The van der Waals surface area contributed by atoms with Crippen molar-refractivity contribution in [2.75, 3.05) is 12.8 Å². The molecule has 0 fully saturated rings. The Hall–Kier alpha value is -2.10. The van der Waals surface area contributed by atoms with Crippen LogP contribution >= 0.6 is 0 Å². The van der Waals surface area contributed by atoms with Crippen molar-refractivity contribution in [2.45, 2.75) is 0 Å². The summed E-state index contributed by atoms with van der Waals surface area (Å²) >= 11 is 0. The molecule has 2 aromatic rings. The average molecular weight is 287 g/mol. The number of nitrogen functional groups attached to an aromatic ring is 1. The van der Waals surface area contributed by atoms with Crippen molar-refractivity contribution in [1.82, 2.24) is 9.97 Å². The maximum atomic E-state index is 8.74. The lowest BCUT2D eigenvalue weighted by atomic mass is 10.2. The Balaban J connectivity index is 0.000000312. The predicted molar refractivity (Wildman–Crippen MR) is 69.2 cm³/mol. The molecule has 0 spiro atoms. The number of imidazole rings is 1. The number of benzene rings is 1. The molecular weight excluding hydrogens is 274 g/mol. The van der Waals surface area contributed by atoms with Crippen LogP contribution in [0.25, 0.3) is 11.3 Å². The largest absolute Gasteiger partial charge is 0.497 e. The van der Waals surface area contributed by atoms with Crippen LogP contribution in [0.1, 0.15) is 0 Å². The zero-order chi connectivity index (χ0) is 14.5. The van der Waals surface area contributed by atoms with Crippen molar-refractivity contribution in [1.29, 1.82) is 0 Å². The number of nitrogens with two attached hydrogens (primary N) is 1. The number of hydrogen-bond acceptors (Lipinski definition) is 5. The van der Waals surface area contributed by atoms with Crippen LogP contribution in [0.4, 0.5) is 5.95 Å². The summed E-state index contributed by atoms with van der Waals surface area (Å²) in [6.45, 7) is 0. The average Bonchev–Trinajstić information content (AvgIpc) is 2.74. The van der Waals surface area contributed by atoms with Gasteiger partial charge in [0.15, 0.2) is 5.95 Å². The molecule has 5 N–H and O–H groups in total. The first-order valence-corrected chi connectivity index (χ1v) is 6.34. The number of nitrogens with zero attached hydrogens (tertiary/aromatic N) is 1. The first kappa shape index (κ1) is 15.0. The number of rotatable bonds is 2. The molecule has 0 aliphatic heterocycles. The van der Waals surface area contributed by atoms with Crippen molar-refractivity contribution in [3.63, 3.8) is 0 Å². The summed E-state index contributed by atoms with van der Waals surface area (Å²) in [6, 6.07) is 7.69. The number of aromatic nitrogens is 2. The third-order valence-electron chi connectivity index (χ3n) is 2.00. The molecule has 1 heterocycles. The maximum absolute atomic E-state index is 8.74. The second-order valence-corrected chi connectivity index (χ2v) is 4.25. The summed E-state index contributed by atoms with van der Waals surface area (Å²) < 4.78 is 36.6. The van der Waals surface area contributed by atoms with Gasteiger partial charge in [0.1, 0.15) is 5.75 Å². The summed E-state index contributed by atoms with van der Waals surface area (Å²) in [4.78, 5) is 6.88. The highest BCUT2D eigenvalue weighted by Gasteiger charge is 2.00. The first-order valence-electron chi connectivity index (χ1n) is 4.94. The van der Waals surface area contributed by atoms with Crippen molar-refractivity contribution in [2.24, 2.45) is 0 Å². The van der Waals surface area contributed by atoms with Crippen LogP contribution in [-0.4, -0.2) is 34.6 Å². The summed E-state index contributed by atoms with van der Waals surface area (Å²) in [5, 5.41) is 0. The Labute approximate surface area is 109 Å².